The maximum atomic E-state index is 12.0. The molecule has 4 heteroatoms. The van der Waals surface area contributed by atoms with Crippen LogP contribution >= 0.6 is 23.2 Å². The van der Waals surface area contributed by atoms with Gasteiger partial charge in [0.2, 0.25) is 0 Å². The average Bonchev–Trinajstić information content (AvgIpc) is 2.38. The summed E-state index contributed by atoms with van der Waals surface area (Å²) in [4.78, 5) is 12.0. The summed E-state index contributed by atoms with van der Waals surface area (Å²) in [5.74, 6) is 0.458. The highest BCUT2D eigenvalue weighted by atomic mass is 35.5. The molecule has 98 valence electrons. The standard InChI is InChI=1S/C14H17Cl2NO/c15-11-7-5-10(6-8-11)9-17-14(18)12-3-1-2-4-13(12)16/h1-4,10-11H,5-9H2,(H,17,18). The van der Waals surface area contributed by atoms with Crippen LogP contribution in [0, 0.1) is 5.92 Å². The van der Waals surface area contributed by atoms with Gasteiger partial charge in [0, 0.05) is 11.9 Å². The molecule has 1 aromatic rings. The number of carbonyl (C=O) groups is 1. The molecule has 0 spiro atoms. The van der Waals surface area contributed by atoms with Gasteiger partial charge in [0.15, 0.2) is 0 Å². The fourth-order valence-corrected chi connectivity index (χ4v) is 2.78. The molecule has 0 atom stereocenters. The third-order valence-corrected chi connectivity index (χ3v) is 4.21. The second kappa shape index (κ2) is 6.44. The summed E-state index contributed by atoms with van der Waals surface area (Å²) in [7, 11) is 0. The maximum Gasteiger partial charge on any atom is 0.252 e. The number of hydrogen-bond acceptors (Lipinski definition) is 1. The molecule has 0 saturated heterocycles. The molecular formula is C14H17Cl2NO. The first-order valence-electron chi connectivity index (χ1n) is 6.33. The van der Waals surface area contributed by atoms with Gasteiger partial charge >= 0.3 is 0 Å². The van der Waals surface area contributed by atoms with Crippen molar-refractivity contribution in [3.8, 4) is 0 Å². The third kappa shape index (κ3) is 3.63. The molecule has 1 fully saturated rings. The minimum atomic E-state index is -0.0893. The Morgan fingerprint density at radius 3 is 2.56 bits per heavy atom. The van der Waals surface area contributed by atoms with Crippen molar-refractivity contribution in [1.29, 1.82) is 0 Å². The van der Waals surface area contributed by atoms with Crippen molar-refractivity contribution < 1.29 is 4.79 Å². The second-order valence-electron chi connectivity index (χ2n) is 4.81. The lowest BCUT2D eigenvalue weighted by molar-refractivity contribution is 0.0944. The number of hydrogen-bond donors (Lipinski definition) is 1. The lowest BCUT2D eigenvalue weighted by Gasteiger charge is -2.25. The fourth-order valence-electron chi connectivity index (χ4n) is 2.30. The molecule has 1 N–H and O–H groups in total. The van der Waals surface area contributed by atoms with E-state index >= 15 is 0 Å². The average molecular weight is 286 g/mol. The van der Waals surface area contributed by atoms with Gasteiger partial charge in [0.25, 0.3) is 5.91 Å². The van der Waals surface area contributed by atoms with Gasteiger partial charge in [-0.25, -0.2) is 0 Å². The van der Waals surface area contributed by atoms with E-state index in [1.807, 2.05) is 12.1 Å². The van der Waals surface area contributed by atoms with Gasteiger partial charge in [-0.3, -0.25) is 4.79 Å². The van der Waals surface area contributed by atoms with Crippen LogP contribution < -0.4 is 5.32 Å². The molecular weight excluding hydrogens is 269 g/mol. The number of nitrogens with one attached hydrogen (secondary N) is 1. The Kier molecular flexibility index (Phi) is 4.90. The number of alkyl halides is 1. The quantitative estimate of drug-likeness (QED) is 0.840. The molecule has 0 bridgehead atoms. The zero-order valence-corrected chi connectivity index (χ0v) is 11.7. The van der Waals surface area contributed by atoms with E-state index in [9.17, 15) is 4.79 Å². The Bertz CT molecular complexity index is 414. The van der Waals surface area contributed by atoms with Crippen LogP contribution in [0.1, 0.15) is 36.0 Å². The molecule has 0 aromatic heterocycles. The fraction of sp³-hybridized carbons (Fsp3) is 0.500. The van der Waals surface area contributed by atoms with Gasteiger partial charge in [-0.1, -0.05) is 23.7 Å². The van der Waals surface area contributed by atoms with Crippen LogP contribution in [-0.2, 0) is 0 Å². The molecule has 0 aliphatic heterocycles. The minimum Gasteiger partial charge on any atom is -0.352 e. The Labute approximate surface area is 118 Å². The lowest BCUT2D eigenvalue weighted by atomic mass is 9.89. The van der Waals surface area contributed by atoms with Crippen LogP contribution in [-0.4, -0.2) is 17.8 Å². The summed E-state index contributed by atoms with van der Waals surface area (Å²) in [5.41, 5.74) is 0.546. The number of carbonyl (C=O) groups excluding carboxylic acids is 1. The first kappa shape index (κ1) is 13.7. The highest BCUT2D eigenvalue weighted by Gasteiger charge is 2.20. The van der Waals surface area contributed by atoms with Crippen LogP contribution in [0.2, 0.25) is 5.02 Å². The normalized spacial score (nSPS) is 23.7. The van der Waals surface area contributed by atoms with Gasteiger partial charge in [0.1, 0.15) is 0 Å². The van der Waals surface area contributed by atoms with Crippen molar-refractivity contribution in [1.82, 2.24) is 5.32 Å². The van der Waals surface area contributed by atoms with E-state index in [1.165, 1.54) is 0 Å². The summed E-state index contributed by atoms with van der Waals surface area (Å²) in [6, 6.07) is 7.11. The van der Waals surface area contributed by atoms with Gasteiger partial charge in [-0.15, -0.1) is 11.6 Å². The van der Waals surface area contributed by atoms with Crippen molar-refractivity contribution in [2.75, 3.05) is 6.54 Å². The molecule has 0 radical (unpaired) electrons. The van der Waals surface area contributed by atoms with Crippen LogP contribution in [0.5, 0.6) is 0 Å². The Morgan fingerprint density at radius 2 is 1.89 bits per heavy atom. The highest BCUT2D eigenvalue weighted by Crippen LogP contribution is 2.27. The Morgan fingerprint density at radius 1 is 1.22 bits per heavy atom. The number of rotatable bonds is 3. The zero-order valence-electron chi connectivity index (χ0n) is 10.2. The molecule has 0 unspecified atom stereocenters. The van der Waals surface area contributed by atoms with Crippen LogP contribution in [0.3, 0.4) is 0 Å². The number of benzene rings is 1. The third-order valence-electron chi connectivity index (χ3n) is 3.45. The maximum absolute atomic E-state index is 12.0. The molecule has 18 heavy (non-hydrogen) atoms. The predicted molar refractivity (Wildman–Crippen MR) is 75.4 cm³/mol. The van der Waals surface area contributed by atoms with Crippen LogP contribution in [0.15, 0.2) is 24.3 Å². The smallest absolute Gasteiger partial charge is 0.252 e. The zero-order chi connectivity index (χ0) is 13.0. The van der Waals surface area contributed by atoms with E-state index in [2.05, 4.69) is 5.32 Å². The molecule has 1 aliphatic carbocycles. The molecule has 1 aromatic carbocycles. The molecule has 1 aliphatic rings. The molecule has 1 amide bonds. The van der Waals surface area contributed by atoms with Gasteiger partial charge in [0.05, 0.1) is 10.6 Å². The summed E-state index contributed by atoms with van der Waals surface area (Å²) >= 11 is 12.0. The minimum absolute atomic E-state index is 0.0893. The van der Waals surface area contributed by atoms with Crippen molar-refractivity contribution in [3.63, 3.8) is 0 Å². The van der Waals surface area contributed by atoms with Crippen molar-refractivity contribution in [2.24, 2.45) is 5.92 Å². The van der Waals surface area contributed by atoms with E-state index in [1.54, 1.807) is 12.1 Å². The van der Waals surface area contributed by atoms with E-state index in [0.29, 0.717) is 28.4 Å². The predicted octanol–water partition coefficient (Wildman–Crippen LogP) is 3.87. The molecule has 0 heterocycles. The Hall–Kier alpha value is -0.730. The number of halogens is 2. The summed E-state index contributed by atoms with van der Waals surface area (Å²) in [5, 5.41) is 3.78. The van der Waals surface area contributed by atoms with Gasteiger partial charge < -0.3 is 5.32 Å². The van der Waals surface area contributed by atoms with Crippen molar-refractivity contribution >= 4 is 29.1 Å². The summed E-state index contributed by atoms with van der Waals surface area (Å²) in [6.45, 7) is 0.716. The SMILES string of the molecule is O=C(NCC1CCC(Cl)CC1)c1ccccc1Cl. The Balaban J connectivity index is 1.84. The first-order valence-corrected chi connectivity index (χ1v) is 7.15. The molecule has 2 rings (SSSR count). The molecule has 1 saturated carbocycles. The van der Waals surface area contributed by atoms with E-state index in [0.717, 1.165) is 25.7 Å². The monoisotopic (exact) mass is 285 g/mol. The number of amides is 1. The van der Waals surface area contributed by atoms with Crippen LogP contribution in [0.25, 0.3) is 0 Å². The lowest BCUT2D eigenvalue weighted by Crippen LogP contribution is -2.31. The second-order valence-corrected chi connectivity index (χ2v) is 5.83. The summed E-state index contributed by atoms with van der Waals surface area (Å²) in [6.07, 6.45) is 4.29. The van der Waals surface area contributed by atoms with E-state index < -0.39 is 0 Å². The van der Waals surface area contributed by atoms with Crippen molar-refractivity contribution in [2.45, 2.75) is 31.1 Å². The van der Waals surface area contributed by atoms with Crippen LogP contribution in [0.4, 0.5) is 0 Å². The van der Waals surface area contributed by atoms with E-state index in [-0.39, 0.29) is 5.91 Å². The summed E-state index contributed by atoms with van der Waals surface area (Å²) < 4.78 is 0. The highest BCUT2D eigenvalue weighted by molar-refractivity contribution is 6.33. The first-order chi connectivity index (χ1) is 8.66. The topological polar surface area (TPSA) is 29.1 Å². The van der Waals surface area contributed by atoms with Crippen molar-refractivity contribution in [3.05, 3.63) is 34.9 Å². The molecule has 2 nitrogen and oxygen atoms in total. The van der Waals surface area contributed by atoms with E-state index in [4.69, 9.17) is 23.2 Å². The van der Waals surface area contributed by atoms with Gasteiger partial charge in [-0.05, 0) is 43.7 Å². The largest absolute Gasteiger partial charge is 0.352 e. The van der Waals surface area contributed by atoms with Gasteiger partial charge in [-0.2, -0.15) is 0 Å².